The van der Waals surface area contributed by atoms with Crippen LogP contribution in [0.2, 0.25) is 0 Å². The van der Waals surface area contributed by atoms with Gasteiger partial charge in [0.1, 0.15) is 12.1 Å². The fourth-order valence-corrected chi connectivity index (χ4v) is 1.57. The Labute approximate surface area is 99.7 Å². The number of oxazole rings is 1. The molecule has 0 aliphatic heterocycles. The number of rotatable bonds is 5. The lowest BCUT2D eigenvalue weighted by molar-refractivity contribution is 0.506. The van der Waals surface area contributed by atoms with Crippen LogP contribution in [0.5, 0.6) is 0 Å². The molecule has 1 aromatic carbocycles. The second-order valence-corrected chi connectivity index (χ2v) is 3.89. The third kappa shape index (κ3) is 3.39. The van der Waals surface area contributed by atoms with E-state index in [2.05, 4.69) is 10.3 Å². The van der Waals surface area contributed by atoms with Gasteiger partial charge < -0.3 is 9.73 Å². The van der Waals surface area contributed by atoms with E-state index in [4.69, 9.17) is 4.42 Å². The third-order valence-corrected chi connectivity index (χ3v) is 2.50. The van der Waals surface area contributed by atoms with Gasteiger partial charge in [-0.3, -0.25) is 0 Å². The van der Waals surface area contributed by atoms with E-state index in [9.17, 15) is 4.39 Å². The second kappa shape index (κ2) is 5.59. The predicted octanol–water partition coefficient (Wildman–Crippen LogP) is 2.17. The Morgan fingerprint density at radius 1 is 1.29 bits per heavy atom. The molecule has 0 atom stereocenters. The van der Waals surface area contributed by atoms with Crippen LogP contribution in [0, 0.1) is 5.82 Å². The van der Waals surface area contributed by atoms with Crippen molar-refractivity contribution in [3.8, 4) is 0 Å². The third-order valence-electron chi connectivity index (χ3n) is 2.50. The van der Waals surface area contributed by atoms with Crippen molar-refractivity contribution in [1.82, 2.24) is 10.3 Å². The largest absolute Gasteiger partial charge is 0.448 e. The summed E-state index contributed by atoms with van der Waals surface area (Å²) in [5, 5.41) is 3.06. The summed E-state index contributed by atoms with van der Waals surface area (Å²) in [4.78, 5) is 4.37. The van der Waals surface area contributed by atoms with Crippen molar-refractivity contribution in [2.75, 3.05) is 13.6 Å². The minimum Gasteiger partial charge on any atom is -0.448 e. The van der Waals surface area contributed by atoms with E-state index in [1.807, 2.05) is 7.05 Å². The summed E-state index contributed by atoms with van der Waals surface area (Å²) in [5.74, 6) is 0.443. The lowest BCUT2D eigenvalue weighted by atomic mass is 10.1. The Kier molecular flexibility index (Phi) is 3.88. The van der Waals surface area contributed by atoms with Gasteiger partial charge in [0.25, 0.3) is 0 Å². The maximum Gasteiger partial charge on any atom is 0.198 e. The van der Waals surface area contributed by atoms with Crippen LogP contribution >= 0.6 is 0 Å². The Hall–Kier alpha value is -1.68. The molecule has 2 aromatic rings. The zero-order valence-electron chi connectivity index (χ0n) is 9.74. The van der Waals surface area contributed by atoms with Crippen molar-refractivity contribution in [2.45, 2.75) is 12.8 Å². The number of aromatic nitrogens is 1. The first-order valence-electron chi connectivity index (χ1n) is 5.60. The number of nitrogens with zero attached hydrogens (tertiary/aromatic N) is 1. The van der Waals surface area contributed by atoms with E-state index in [0.29, 0.717) is 12.3 Å². The van der Waals surface area contributed by atoms with Crippen LogP contribution in [0.15, 0.2) is 34.9 Å². The quantitative estimate of drug-likeness (QED) is 0.861. The van der Waals surface area contributed by atoms with Crippen molar-refractivity contribution in [2.24, 2.45) is 0 Å². The highest BCUT2D eigenvalue weighted by atomic mass is 19.1. The first-order chi connectivity index (χ1) is 8.28. The van der Waals surface area contributed by atoms with E-state index >= 15 is 0 Å². The van der Waals surface area contributed by atoms with Crippen molar-refractivity contribution < 1.29 is 8.81 Å². The summed E-state index contributed by atoms with van der Waals surface area (Å²) >= 11 is 0. The summed E-state index contributed by atoms with van der Waals surface area (Å²) in [6.07, 6.45) is 3.12. The van der Waals surface area contributed by atoms with Gasteiger partial charge in [0, 0.05) is 19.4 Å². The number of nitrogens with one attached hydrogen (secondary N) is 1. The zero-order valence-corrected chi connectivity index (χ0v) is 9.74. The van der Waals surface area contributed by atoms with Gasteiger partial charge in [0.15, 0.2) is 5.89 Å². The molecule has 4 heteroatoms. The molecule has 1 heterocycles. The van der Waals surface area contributed by atoms with E-state index in [-0.39, 0.29) is 5.82 Å². The molecule has 90 valence electrons. The summed E-state index contributed by atoms with van der Waals surface area (Å²) < 4.78 is 18.1. The Morgan fingerprint density at radius 3 is 2.76 bits per heavy atom. The number of benzene rings is 1. The van der Waals surface area contributed by atoms with Crippen LogP contribution in [0.4, 0.5) is 4.39 Å². The molecule has 0 radical (unpaired) electrons. The monoisotopic (exact) mass is 234 g/mol. The van der Waals surface area contributed by atoms with Gasteiger partial charge >= 0.3 is 0 Å². The lowest BCUT2D eigenvalue weighted by Crippen LogP contribution is -2.10. The van der Waals surface area contributed by atoms with Crippen LogP contribution in [-0.4, -0.2) is 18.6 Å². The van der Waals surface area contributed by atoms with Crippen molar-refractivity contribution in [3.63, 3.8) is 0 Å². The molecule has 0 aliphatic rings. The SMILES string of the molecule is CNCCc1coc(Cc2ccc(F)cc2)n1. The van der Waals surface area contributed by atoms with E-state index in [1.165, 1.54) is 12.1 Å². The van der Waals surface area contributed by atoms with Crippen LogP contribution in [0.3, 0.4) is 0 Å². The number of hydrogen-bond acceptors (Lipinski definition) is 3. The van der Waals surface area contributed by atoms with E-state index < -0.39 is 0 Å². The Morgan fingerprint density at radius 2 is 2.06 bits per heavy atom. The molecule has 1 aromatic heterocycles. The highest BCUT2D eigenvalue weighted by Crippen LogP contribution is 2.10. The molecule has 0 saturated carbocycles. The minimum atomic E-state index is -0.226. The maximum atomic E-state index is 12.7. The molecule has 0 fully saturated rings. The van der Waals surface area contributed by atoms with Gasteiger partial charge in [0.05, 0.1) is 5.69 Å². The summed E-state index contributed by atoms with van der Waals surface area (Å²) in [5.41, 5.74) is 1.94. The van der Waals surface area contributed by atoms with Gasteiger partial charge in [-0.05, 0) is 24.7 Å². The summed E-state index contributed by atoms with van der Waals surface area (Å²) in [6.45, 7) is 0.878. The highest BCUT2D eigenvalue weighted by molar-refractivity contribution is 5.19. The first-order valence-corrected chi connectivity index (χ1v) is 5.60. The first kappa shape index (κ1) is 11.8. The summed E-state index contributed by atoms with van der Waals surface area (Å²) in [6, 6.07) is 6.37. The van der Waals surface area contributed by atoms with Crippen molar-refractivity contribution in [1.29, 1.82) is 0 Å². The fraction of sp³-hybridized carbons (Fsp3) is 0.308. The topological polar surface area (TPSA) is 38.1 Å². The molecular weight excluding hydrogens is 219 g/mol. The van der Waals surface area contributed by atoms with Crippen molar-refractivity contribution >= 4 is 0 Å². The highest BCUT2D eigenvalue weighted by Gasteiger charge is 2.04. The number of halogens is 1. The smallest absolute Gasteiger partial charge is 0.198 e. The molecular formula is C13H15FN2O. The lowest BCUT2D eigenvalue weighted by Gasteiger charge is -1.96. The molecule has 1 N–H and O–H groups in total. The summed E-state index contributed by atoms with van der Waals surface area (Å²) in [7, 11) is 1.90. The molecule has 2 rings (SSSR count). The van der Waals surface area contributed by atoms with Gasteiger partial charge in [0.2, 0.25) is 0 Å². The number of likely N-dealkylation sites (N-methyl/N-ethyl adjacent to an activating group) is 1. The average molecular weight is 234 g/mol. The normalized spacial score (nSPS) is 10.7. The second-order valence-electron chi connectivity index (χ2n) is 3.89. The molecule has 0 bridgehead atoms. The molecule has 0 saturated heterocycles. The van der Waals surface area contributed by atoms with Crippen molar-refractivity contribution in [3.05, 3.63) is 53.5 Å². The predicted molar refractivity (Wildman–Crippen MR) is 63.3 cm³/mol. The van der Waals surface area contributed by atoms with Gasteiger partial charge in [-0.15, -0.1) is 0 Å². The number of hydrogen-bond donors (Lipinski definition) is 1. The zero-order chi connectivity index (χ0) is 12.1. The Balaban J connectivity index is 1.98. The Bertz CT molecular complexity index is 465. The van der Waals surface area contributed by atoms with E-state index in [0.717, 1.165) is 24.2 Å². The van der Waals surface area contributed by atoms with Crippen LogP contribution in [-0.2, 0) is 12.8 Å². The standard InChI is InChI=1S/C13H15FN2O/c1-15-7-6-12-9-17-13(16-12)8-10-2-4-11(14)5-3-10/h2-5,9,15H,6-8H2,1H3. The van der Waals surface area contributed by atoms with Crippen LogP contribution < -0.4 is 5.32 Å². The molecule has 3 nitrogen and oxygen atoms in total. The molecule has 17 heavy (non-hydrogen) atoms. The molecule has 0 unspecified atom stereocenters. The van der Waals surface area contributed by atoms with Gasteiger partial charge in [-0.2, -0.15) is 0 Å². The average Bonchev–Trinajstić information content (AvgIpc) is 2.77. The minimum absolute atomic E-state index is 0.226. The van der Waals surface area contributed by atoms with Gasteiger partial charge in [-0.1, -0.05) is 12.1 Å². The maximum absolute atomic E-state index is 12.7. The van der Waals surface area contributed by atoms with E-state index in [1.54, 1.807) is 18.4 Å². The van der Waals surface area contributed by atoms with Crippen LogP contribution in [0.1, 0.15) is 17.1 Å². The fourth-order valence-electron chi connectivity index (χ4n) is 1.57. The van der Waals surface area contributed by atoms with Crippen LogP contribution in [0.25, 0.3) is 0 Å². The molecule has 0 amide bonds. The molecule has 0 spiro atoms. The van der Waals surface area contributed by atoms with Gasteiger partial charge in [-0.25, -0.2) is 9.37 Å². The molecule has 0 aliphatic carbocycles.